The predicted octanol–water partition coefficient (Wildman–Crippen LogP) is 1.05. The Morgan fingerprint density at radius 3 is 2.28 bits per heavy atom. The van der Waals surface area contributed by atoms with Crippen LogP contribution in [0.15, 0.2) is 0 Å². The fourth-order valence-electron chi connectivity index (χ4n) is 2.01. The fraction of sp³-hybridized carbons (Fsp3) is 1.00. The van der Waals surface area contributed by atoms with Gasteiger partial charge in [-0.2, -0.15) is 17.0 Å². The van der Waals surface area contributed by atoms with Gasteiger partial charge in [0.1, 0.15) is 0 Å². The molecule has 0 spiro atoms. The van der Waals surface area contributed by atoms with Crippen LogP contribution in [0, 0.1) is 5.92 Å². The van der Waals surface area contributed by atoms with E-state index in [2.05, 4.69) is 6.92 Å². The van der Waals surface area contributed by atoms with Gasteiger partial charge in [-0.05, 0) is 25.2 Å². The monoisotopic (exact) mass is 299 g/mol. The van der Waals surface area contributed by atoms with E-state index in [9.17, 15) is 8.42 Å². The molecule has 2 N–H and O–H groups in total. The zero-order valence-electron chi connectivity index (χ0n) is 11.5. The molecule has 0 heterocycles. The molecule has 1 saturated carbocycles. The molecule has 0 aromatic rings. The van der Waals surface area contributed by atoms with Crippen molar-refractivity contribution in [1.29, 1.82) is 0 Å². The molecule has 0 amide bonds. The van der Waals surface area contributed by atoms with Crippen molar-refractivity contribution >= 4 is 22.6 Å². The Labute approximate surface area is 117 Å². The summed E-state index contributed by atoms with van der Waals surface area (Å²) in [5.41, 5.74) is 5.69. The number of likely N-dealkylation sites (N-methyl/N-ethyl adjacent to an activating group) is 1. The summed E-state index contributed by atoms with van der Waals surface area (Å²) < 4.78 is 27.4. The number of hydrogen-bond acceptors (Lipinski definition) is 3. The van der Waals surface area contributed by atoms with Gasteiger partial charge in [0.05, 0.1) is 0 Å². The highest BCUT2D eigenvalue weighted by atomic mass is 35.5. The molecule has 5 nitrogen and oxygen atoms in total. The van der Waals surface area contributed by atoms with Gasteiger partial charge in [-0.3, -0.25) is 0 Å². The summed E-state index contributed by atoms with van der Waals surface area (Å²) >= 11 is 0. The van der Waals surface area contributed by atoms with Crippen LogP contribution in [0.3, 0.4) is 0 Å². The standard InChI is InChI=1S/C11H25N3O2S.ClH/c1-4-5-8-13(2)17(15,16)14(3)11(9-12)10-6-7-10;/h10-11H,4-9,12H2,1-3H3;1H. The van der Waals surface area contributed by atoms with Crippen LogP contribution in [-0.2, 0) is 10.2 Å². The largest absolute Gasteiger partial charge is 0.329 e. The van der Waals surface area contributed by atoms with Crippen LogP contribution < -0.4 is 5.73 Å². The van der Waals surface area contributed by atoms with Crippen molar-refractivity contribution in [3.05, 3.63) is 0 Å². The summed E-state index contributed by atoms with van der Waals surface area (Å²) in [6.45, 7) is 3.03. The summed E-state index contributed by atoms with van der Waals surface area (Å²) in [5.74, 6) is 0.458. The number of nitrogens with zero attached hydrogens (tertiary/aromatic N) is 2. The highest BCUT2D eigenvalue weighted by Gasteiger charge is 2.38. The molecule has 110 valence electrons. The summed E-state index contributed by atoms with van der Waals surface area (Å²) in [4.78, 5) is 0. The molecular weight excluding hydrogens is 274 g/mol. The summed E-state index contributed by atoms with van der Waals surface area (Å²) in [6.07, 6.45) is 4.08. The van der Waals surface area contributed by atoms with Crippen molar-refractivity contribution in [2.45, 2.75) is 38.6 Å². The van der Waals surface area contributed by atoms with Gasteiger partial charge in [0, 0.05) is 33.2 Å². The zero-order chi connectivity index (χ0) is 13.1. The average molecular weight is 300 g/mol. The molecule has 1 atom stereocenters. The van der Waals surface area contributed by atoms with Gasteiger partial charge in [-0.15, -0.1) is 12.4 Å². The molecular formula is C11H26ClN3O2S. The van der Waals surface area contributed by atoms with Crippen LogP contribution in [0.1, 0.15) is 32.6 Å². The van der Waals surface area contributed by atoms with Crippen molar-refractivity contribution in [2.24, 2.45) is 11.7 Å². The number of nitrogens with two attached hydrogens (primary N) is 1. The Kier molecular flexibility index (Phi) is 7.70. The fourth-order valence-corrected chi connectivity index (χ4v) is 3.41. The SMILES string of the molecule is CCCCN(C)S(=O)(=O)N(C)C(CN)C1CC1.Cl. The average Bonchev–Trinajstić information content (AvgIpc) is 3.10. The molecule has 1 unspecified atom stereocenters. The third kappa shape index (κ3) is 4.35. The number of halogens is 1. The van der Waals surface area contributed by atoms with E-state index in [1.54, 1.807) is 14.1 Å². The first-order valence-corrected chi connectivity index (χ1v) is 7.74. The molecule has 7 heteroatoms. The Balaban J connectivity index is 0.00000289. The van der Waals surface area contributed by atoms with Crippen molar-refractivity contribution in [2.75, 3.05) is 27.2 Å². The molecule has 1 rings (SSSR count). The summed E-state index contributed by atoms with van der Waals surface area (Å²) in [7, 11) is -0.0536. The van der Waals surface area contributed by atoms with E-state index in [1.807, 2.05) is 0 Å². The molecule has 0 radical (unpaired) electrons. The van der Waals surface area contributed by atoms with Crippen molar-refractivity contribution in [1.82, 2.24) is 8.61 Å². The van der Waals surface area contributed by atoms with E-state index in [-0.39, 0.29) is 18.4 Å². The summed E-state index contributed by atoms with van der Waals surface area (Å²) in [6, 6.07) is -0.0379. The molecule has 0 aromatic carbocycles. The molecule has 0 saturated heterocycles. The Morgan fingerprint density at radius 1 is 1.33 bits per heavy atom. The van der Waals surface area contributed by atoms with Crippen LogP contribution in [0.2, 0.25) is 0 Å². The van der Waals surface area contributed by atoms with E-state index < -0.39 is 10.2 Å². The number of unbranched alkanes of at least 4 members (excludes halogenated alkanes) is 1. The second kappa shape index (κ2) is 7.65. The highest BCUT2D eigenvalue weighted by molar-refractivity contribution is 7.86. The van der Waals surface area contributed by atoms with Crippen LogP contribution in [-0.4, -0.2) is 50.3 Å². The van der Waals surface area contributed by atoms with E-state index in [0.29, 0.717) is 19.0 Å². The van der Waals surface area contributed by atoms with Gasteiger partial charge < -0.3 is 5.73 Å². The van der Waals surface area contributed by atoms with Crippen LogP contribution >= 0.6 is 12.4 Å². The van der Waals surface area contributed by atoms with Crippen molar-refractivity contribution in [3.63, 3.8) is 0 Å². The normalized spacial score (nSPS) is 17.9. The van der Waals surface area contributed by atoms with Crippen LogP contribution in [0.5, 0.6) is 0 Å². The maximum atomic E-state index is 12.3. The molecule has 0 aromatic heterocycles. The third-order valence-corrected chi connectivity index (χ3v) is 5.43. The number of rotatable bonds is 8. The predicted molar refractivity (Wildman–Crippen MR) is 77.0 cm³/mol. The first-order chi connectivity index (χ1) is 7.95. The molecule has 18 heavy (non-hydrogen) atoms. The maximum Gasteiger partial charge on any atom is 0.281 e. The maximum absolute atomic E-state index is 12.3. The highest BCUT2D eigenvalue weighted by Crippen LogP contribution is 2.35. The van der Waals surface area contributed by atoms with Gasteiger partial charge in [-0.1, -0.05) is 13.3 Å². The van der Waals surface area contributed by atoms with Gasteiger partial charge in [0.15, 0.2) is 0 Å². The minimum absolute atomic E-state index is 0. The minimum atomic E-state index is -3.34. The zero-order valence-corrected chi connectivity index (χ0v) is 13.1. The Bertz CT molecular complexity index is 333. The van der Waals surface area contributed by atoms with E-state index in [0.717, 1.165) is 25.7 Å². The van der Waals surface area contributed by atoms with Gasteiger partial charge >= 0.3 is 0 Å². The van der Waals surface area contributed by atoms with E-state index in [1.165, 1.54) is 8.61 Å². The second-order valence-electron chi connectivity index (χ2n) is 4.84. The van der Waals surface area contributed by atoms with Gasteiger partial charge in [-0.25, -0.2) is 0 Å². The smallest absolute Gasteiger partial charge is 0.281 e. The minimum Gasteiger partial charge on any atom is -0.329 e. The second-order valence-corrected chi connectivity index (χ2v) is 6.93. The topological polar surface area (TPSA) is 66.6 Å². The molecule has 0 bridgehead atoms. The van der Waals surface area contributed by atoms with Gasteiger partial charge in [0.2, 0.25) is 0 Å². The van der Waals surface area contributed by atoms with Crippen molar-refractivity contribution < 1.29 is 8.42 Å². The lowest BCUT2D eigenvalue weighted by Gasteiger charge is -2.30. The molecule has 1 aliphatic carbocycles. The van der Waals surface area contributed by atoms with Crippen LogP contribution in [0.25, 0.3) is 0 Å². The lowest BCUT2D eigenvalue weighted by Crippen LogP contribution is -2.48. The molecule has 0 aliphatic heterocycles. The van der Waals surface area contributed by atoms with Gasteiger partial charge in [0.25, 0.3) is 10.2 Å². The number of hydrogen-bond donors (Lipinski definition) is 1. The Morgan fingerprint density at radius 2 is 1.89 bits per heavy atom. The van der Waals surface area contributed by atoms with E-state index >= 15 is 0 Å². The molecule has 1 aliphatic rings. The summed E-state index contributed by atoms with van der Waals surface area (Å²) in [5, 5.41) is 0. The first-order valence-electron chi connectivity index (χ1n) is 6.34. The Hall–Kier alpha value is 0.120. The quantitative estimate of drug-likeness (QED) is 0.728. The first kappa shape index (κ1) is 18.1. The molecule has 1 fully saturated rings. The van der Waals surface area contributed by atoms with E-state index in [4.69, 9.17) is 5.73 Å². The van der Waals surface area contributed by atoms with Crippen LogP contribution in [0.4, 0.5) is 0 Å². The lowest BCUT2D eigenvalue weighted by atomic mass is 10.2. The lowest BCUT2D eigenvalue weighted by molar-refractivity contribution is 0.310. The van der Waals surface area contributed by atoms with Crippen molar-refractivity contribution in [3.8, 4) is 0 Å². The third-order valence-electron chi connectivity index (χ3n) is 3.46.